The van der Waals surface area contributed by atoms with Crippen molar-refractivity contribution in [3.8, 4) is 22.6 Å². The number of rotatable bonds is 6. The smallest absolute Gasteiger partial charge is 0.194 e. The summed E-state index contributed by atoms with van der Waals surface area (Å²) >= 11 is 6.50. The fraction of sp³-hybridized carbons (Fsp3) is 0.148. The summed E-state index contributed by atoms with van der Waals surface area (Å²) in [4.78, 5) is 13.8. The predicted molar refractivity (Wildman–Crippen MR) is 127 cm³/mol. The standard InChI is InChI=1S/C27H23ClO3/c1-4-21-23(6-5-7-25(21)28)24-14-10-18-16-20(31-3)13-15-22(18)26(24)27(29)17-8-11-19(30-2)12-9-17/h5-16H,4H2,1-3H3. The number of ketones is 1. The lowest BCUT2D eigenvalue weighted by atomic mass is 9.87. The van der Waals surface area contributed by atoms with Gasteiger partial charge in [0.2, 0.25) is 0 Å². The van der Waals surface area contributed by atoms with Crippen molar-refractivity contribution in [2.75, 3.05) is 14.2 Å². The van der Waals surface area contributed by atoms with Crippen LogP contribution in [0, 0.1) is 0 Å². The van der Waals surface area contributed by atoms with Gasteiger partial charge in [-0.15, -0.1) is 0 Å². The third-order valence-electron chi connectivity index (χ3n) is 5.57. The molecule has 0 aliphatic carbocycles. The van der Waals surface area contributed by atoms with Crippen molar-refractivity contribution in [1.29, 1.82) is 0 Å². The van der Waals surface area contributed by atoms with E-state index in [2.05, 4.69) is 6.92 Å². The Morgan fingerprint density at radius 2 is 1.55 bits per heavy atom. The van der Waals surface area contributed by atoms with E-state index in [1.165, 1.54) is 0 Å². The molecule has 0 aliphatic rings. The molecule has 4 rings (SSSR count). The number of fused-ring (bicyclic) bond motifs is 1. The lowest BCUT2D eigenvalue weighted by Crippen LogP contribution is -2.06. The Balaban J connectivity index is 2.00. The van der Waals surface area contributed by atoms with Gasteiger partial charge in [-0.1, -0.05) is 42.8 Å². The highest BCUT2D eigenvalue weighted by Gasteiger charge is 2.21. The second kappa shape index (κ2) is 8.83. The molecule has 0 radical (unpaired) electrons. The van der Waals surface area contributed by atoms with Crippen molar-refractivity contribution < 1.29 is 14.3 Å². The molecule has 0 saturated heterocycles. The van der Waals surface area contributed by atoms with Gasteiger partial charge >= 0.3 is 0 Å². The van der Waals surface area contributed by atoms with Crippen LogP contribution in [0.1, 0.15) is 28.4 Å². The second-order valence-electron chi connectivity index (χ2n) is 7.25. The molecule has 0 N–H and O–H groups in total. The van der Waals surface area contributed by atoms with Crippen molar-refractivity contribution in [2.45, 2.75) is 13.3 Å². The van der Waals surface area contributed by atoms with Crippen LogP contribution < -0.4 is 9.47 Å². The van der Waals surface area contributed by atoms with Crippen LogP contribution in [0.4, 0.5) is 0 Å². The average molecular weight is 431 g/mol. The summed E-state index contributed by atoms with van der Waals surface area (Å²) in [6, 6.07) is 22.9. The van der Waals surface area contributed by atoms with Gasteiger partial charge in [-0.25, -0.2) is 0 Å². The molecule has 0 unspecified atom stereocenters. The normalized spacial score (nSPS) is 10.8. The Bertz CT molecular complexity index is 1260. The van der Waals surface area contributed by atoms with E-state index in [0.29, 0.717) is 21.9 Å². The first-order valence-corrected chi connectivity index (χ1v) is 10.5. The Morgan fingerprint density at radius 1 is 0.839 bits per heavy atom. The van der Waals surface area contributed by atoms with Crippen LogP contribution in [0.25, 0.3) is 21.9 Å². The fourth-order valence-corrected chi connectivity index (χ4v) is 4.27. The van der Waals surface area contributed by atoms with Gasteiger partial charge in [-0.2, -0.15) is 0 Å². The second-order valence-corrected chi connectivity index (χ2v) is 7.66. The Morgan fingerprint density at radius 3 is 2.23 bits per heavy atom. The number of carbonyl (C=O) groups is 1. The van der Waals surface area contributed by atoms with Gasteiger partial charge in [0, 0.05) is 16.1 Å². The molecule has 4 aromatic rings. The van der Waals surface area contributed by atoms with Gasteiger partial charge in [-0.3, -0.25) is 4.79 Å². The van der Waals surface area contributed by atoms with Crippen LogP contribution >= 0.6 is 11.6 Å². The number of hydrogen-bond acceptors (Lipinski definition) is 3. The summed E-state index contributed by atoms with van der Waals surface area (Å²) in [5.41, 5.74) is 4.14. The zero-order valence-electron chi connectivity index (χ0n) is 17.7. The van der Waals surface area contributed by atoms with E-state index in [1.54, 1.807) is 38.5 Å². The van der Waals surface area contributed by atoms with E-state index in [9.17, 15) is 4.79 Å². The molecule has 0 spiro atoms. The number of benzene rings is 4. The maximum absolute atomic E-state index is 13.8. The molecule has 0 aliphatic heterocycles. The van der Waals surface area contributed by atoms with Gasteiger partial charge in [0.1, 0.15) is 11.5 Å². The van der Waals surface area contributed by atoms with Crippen molar-refractivity contribution >= 4 is 28.2 Å². The van der Waals surface area contributed by atoms with Crippen LogP contribution in [0.2, 0.25) is 5.02 Å². The summed E-state index contributed by atoms with van der Waals surface area (Å²) in [5, 5.41) is 2.53. The van der Waals surface area contributed by atoms with E-state index >= 15 is 0 Å². The largest absolute Gasteiger partial charge is 0.497 e. The monoisotopic (exact) mass is 430 g/mol. The van der Waals surface area contributed by atoms with E-state index in [-0.39, 0.29) is 5.78 Å². The topological polar surface area (TPSA) is 35.5 Å². The van der Waals surface area contributed by atoms with Crippen LogP contribution in [0.15, 0.2) is 72.8 Å². The van der Waals surface area contributed by atoms with Crippen LogP contribution in [-0.4, -0.2) is 20.0 Å². The lowest BCUT2D eigenvalue weighted by molar-refractivity contribution is 0.104. The zero-order chi connectivity index (χ0) is 22.0. The van der Waals surface area contributed by atoms with E-state index < -0.39 is 0 Å². The Hall–Kier alpha value is -3.30. The highest BCUT2D eigenvalue weighted by atomic mass is 35.5. The molecule has 0 fully saturated rings. The SMILES string of the molecule is CCc1c(Cl)cccc1-c1ccc2cc(OC)ccc2c1C(=O)c1ccc(OC)cc1. The molecule has 0 saturated carbocycles. The molecular weight excluding hydrogens is 408 g/mol. The fourth-order valence-electron chi connectivity index (χ4n) is 3.96. The van der Waals surface area contributed by atoms with Gasteiger partial charge in [-0.05, 0) is 82.4 Å². The minimum atomic E-state index is -0.0459. The number of methoxy groups -OCH3 is 2. The molecular formula is C27H23ClO3. The molecule has 0 aromatic heterocycles. The van der Waals surface area contributed by atoms with Gasteiger partial charge < -0.3 is 9.47 Å². The first-order chi connectivity index (χ1) is 15.1. The summed E-state index contributed by atoms with van der Waals surface area (Å²) in [5.74, 6) is 1.41. The molecule has 0 bridgehead atoms. The van der Waals surface area contributed by atoms with Crippen molar-refractivity contribution in [2.24, 2.45) is 0 Å². The predicted octanol–water partition coefficient (Wildman–Crippen LogP) is 6.97. The Kier molecular flexibility index (Phi) is 5.97. The summed E-state index contributed by atoms with van der Waals surface area (Å²) in [6.45, 7) is 2.07. The molecule has 0 amide bonds. The van der Waals surface area contributed by atoms with E-state index in [4.69, 9.17) is 21.1 Å². The summed E-state index contributed by atoms with van der Waals surface area (Å²) in [7, 11) is 3.25. The molecule has 31 heavy (non-hydrogen) atoms. The van der Waals surface area contributed by atoms with Crippen molar-refractivity contribution in [1.82, 2.24) is 0 Å². The van der Waals surface area contributed by atoms with Crippen LogP contribution in [-0.2, 0) is 6.42 Å². The molecule has 0 atom stereocenters. The molecule has 4 heteroatoms. The van der Waals surface area contributed by atoms with Crippen molar-refractivity contribution in [3.63, 3.8) is 0 Å². The van der Waals surface area contributed by atoms with Crippen LogP contribution in [0.3, 0.4) is 0 Å². The summed E-state index contributed by atoms with van der Waals surface area (Å²) in [6.07, 6.45) is 0.770. The third kappa shape index (κ3) is 3.89. The molecule has 4 aromatic carbocycles. The van der Waals surface area contributed by atoms with Gasteiger partial charge in [0.15, 0.2) is 5.78 Å². The van der Waals surface area contributed by atoms with Crippen LogP contribution in [0.5, 0.6) is 11.5 Å². The number of halogens is 1. The number of carbonyl (C=O) groups excluding carboxylic acids is 1. The van der Waals surface area contributed by atoms with E-state index in [1.807, 2.05) is 48.5 Å². The van der Waals surface area contributed by atoms with Gasteiger partial charge in [0.05, 0.1) is 14.2 Å². The minimum Gasteiger partial charge on any atom is -0.497 e. The summed E-state index contributed by atoms with van der Waals surface area (Å²) < 4.78 is 10.6. The molecule has 0 heterocycles. The third-order valence-corrected chi connectivity index (χ3v) is 5.92. The molecule has 156 valence electrons. The lowest BCUT2D eigenvalue weighted by Gasteiger charge is -2.17. The van der Waals surface area contributed by atoms with E-state index in [0.717, 1.165) is 39.6 Å². The first kappa shape index (κ1) is 21.0. The average Bonchev–Trinajstić information content (AvgIpc) is 2.82. The Labute approximate surface area is 187 Å². The number of hydrogen-bond donors (Lipinski definition) is 0. The quantitative estimate of drug-likeness (QED) is 0.310. The maximum Gasteiger partial charge on any atom is 0.194 e. The highest BCUT2D eigenvalue weighted by Crippen LogP contribution is 2.37. The molecule has 3 nitrogen and oxygen atoms in total. The maximum atomic E-state index is 13.8. The van der Waals surface area contributed by atoms with Crippen molar-refractivity contribution in [3.05, 3.63) is 94.5 Å². The zero-order valence-corrected chi connectivity index (χ0v) is 18.5. The minimum absolute atomic E-state index is 0.0459. The first-order valence-electron chi connectivity index (χ1n) is 10.1. The van der Waals surface area contributed by atoms with Gasteiger partial charge in [0.25, 0.3) is 0 Å². The number of ether oxygens (including phenoxy) is 2. The highest BCUT2D eigenvalue weighted by molar-refractivity contribution is 6.32.